The van der Waals surface area contributed by atoms with Gasteiger partial charge in [-0.25, -0.2) is 9.97 Å². The molecule has 25 heavy (non-hydrogen) atoms. The van der Waals surface area contributed by atoms with Gasteiger partial charge in [-0.1, -0.05) is 11.6 Å². The van der Waals surface area contributed by atoms with E-state index in [4.69, 9.17) is 16.6 Å². The molecule has 0 unspecified atom stereocenters. The Kier molecular flexibility index (Phi) is 4.51. The number of rotatable bonds is 4. The molecule has 0 atom stereocenters. The first kappa shape index (κ1) is 16.2. The van der Waals surface area contributed by atoms with Crippen molar-refractivity contribution >= 4 is 11.6 Å². The van der Waals surface area contributed by atoms with Gasteiger partial charge >= 0.3 is 0 Å². The van der Waals surface area contributed by atoms with Gasteiger partial charge in [0.15, 0.2) is 5.82 Å². The number of aromatic nitrogens is 4. The molecular weight excluding hydrogens is 334 g/mol. The quantitative estimate of drug-likeness (QED) is 0.719. The predicted octanol–water partition coefficient (Wildman–Crippen LogP) is 3.57. The molecule has 0 radical (unpaired) electrons. The smallest absolute Gasteiger partial charge is 0.159 e. The number of halogens is 1. The third-order valence-corrected chi connectivity index (χ3v) is 4.78. The molecule has 0 saturated carbocycles. The van der Waals surface area contributed by atoms with E-state index in [0.29, 0.717) is 0 Å². The van der Waals surface area contributed by atoms with E-state index in [0.717, 1.165) is 54.7 Å². The fourth-order valence-electron chi connectivity index (χ4n) is 3.17. The van der Waals surface area contributed by atoms with E-state index in [1.165, 1.54) is 11.1 Å². The van der Waals surface area contributed by atoms with Crippen molar-refractivity contribution in [3.63, 3.8) is 0 Å². The molecule has 0 saturated heterocycles. The Hall–Kier alpha value is -2.24. The summed E-state index contributed by atoms with van der Waals surface area (Å²) in [7, 11) is 0. The zero-order valence-electron chi connectivity index (χ0n) is 14.2. The lowest BCUT2D eigenvalue weighted by molar-refractivity contribution is 0.243. The number of benzene rings is 1. The van der Waals surface area contributed by atoms with Crippen molar-refractivity contribution in [3.8, 4) is 11.4 Å². The molecule has 0 amide bonds. The maximum Gasteiger partial charge on any atom is 0.159 e. The van der Waals surface area contributed by atoms with Crippen LogP contribution >= 0.6 is 11.6 Å². The fraction of sp³-hybridized carbons (Fsp3) is 0.316. The topological polar surface area (TPSA) is 46.8 Å². The Balaban J connectivity index is 1.49. The number of hydrogen-bond donors (Lipinski definition) is 0. The second-order valence-electron chi connectivity index (χ2n) is 6.34. The fourth-order valence-corrected chi connectivity index (χ4v) is 3.29. The highest BCUT2D eigenvalue weighted by Gasteiger charge is 2.19. The minimum atomic E-state index is 0.726. The van der Waals surface area contributed by atoms with Crippen molar-refractivity contribution in [2.24, 2.45) is 0 Å². The van der Waals surface area contributed by atoms with Crippen molar-refractivity contribution in [2.75, 3.05) is 6.54 Å². The van der Waals surface area contributed by atoms with E-state index in [2.05, 4.69) is 28.1 Å². The van der Waals surface area contributed by atoms with Crippen LogP contribution in [0.3, 0.4) is 0 Å². The first-order chi connectivity index (χ1) is 12.2. The van der Waals surface area contributed by atoms with E-state index >= 15 is 0 Å². The van der Waals surface area contributed by atoms with Crippen LogP contribution in [0.2, 0.25) is 5.02 Å². The molecule has 0 aliphatic carbocycles. The van der Waals surface area contributed by atoms with E-state index in [1.54, 1.807) is 0 Å². The van der Waals surface area contributed by atoms with Gasteiger partial charge in [0.25, 0.3) is 0 Å². The molecule has 0 fully saturated rings. The average Bonchev–Trinajstić information content (AvgIpc) is 3.09. The zero-order valence-corrected chi connectivity index (χ0v) is 14.9. The highest BCUT2D eigenvalue weighted by molar-refractivity contribution is 6.30. The predicted molar refractivity (Wildman–Crippen MR) is 98.2 cm³/mol. The van der Waals surface area contributed by atoms with Crippen molar-refractivity contribution in [2.45, 2.75) is 33.0 Å². The molecule has 0 N–H and O–H groups in total. The van der Waals surface area contributed by atoms with E-state index in [1.807, 2.05) is 41.3 Å². The summed E-state index contributed by atoms with van der Waals surface area (Å²) in [5, 5.41) is 5.08. The Morgan fingerprint density at radius 2 is 2.00 bits per heavy atom. The Morgan fingerprint density at radius 1 is 1.16 bits per heavy atom. The summed E-state index contributed by atoms with van der Waals surface area (Å²) in [4.78, 5) is 11.7. The number of nitrogens with zero attached hydrogens (tertiary/aromatic N) is 5. The van der Waals surface area contributed by atoms with E-state index in [-0.39, 0.29) is 0 Å². The van der Waals surface area contributed by atoms with Crippen molar-refractivity contribution in [1.29, 1.82) is 0 Å². The second-order valence-corrected chi connectivity index (χ2v) is 6.77. The molecule has 1 aliphatic heterocycles. The molecule has 3 heterocycles. The normalized spacial score (nSPS) is 14.5. The molecule has 3 aromatic rings. The van der Waals surface area contributed by atoms with Crippen LogP contribution in [-0.4, -0.2) is 31.2 Å². The molecule has 0 bridgehead atoms. The summed E-state index contributed by atoms with van der Waals surface area (Å²) in [5.74, 6) is 0.771. The minimum absolute atomic E-state index is 0.726. The van der Waals surface area contributed by atoms with Crippen LogP contribution in [0.15, 0.2) is 42.9 Å². The molecule has 0 spiro atoms. The van der Waals surface area contributed by atoms with Gasteiger partial charge in [-0.3, -0.25) is 9.58 Å². The average molecular weight is 354 g/mol. The summed E-state index contributed by atoms with van der Waals surface area (Å²) >= 11 is 5.96. The van der Waals surface area contributed by atoms with Gasteiger partial charge in [0, 0.05) is 66.7 Å². The van der Waals surface area contributed by atoms with Crippen LogP contribution in [0.1, 0.15) is 23.7 Å². The molecule has 4 rings (SSSR count). The Labute approximate surface area is 152 Å². The highest BCUT2D eigenvalue weighted by atomic mass is 35.5. The summed E-state index contributed by atoms with van der Waals surface area (Å²) in [6, 6.07) is 7.67. The van der Waals surface area contributed by atoms with Crippen LogP contribution in [0.5, 0.6) is 0 Å². The van der Waals surface area contributed by atoms with Crippen molar-refractivity contribution < 1.29 is 0 Å². The highest BCUT2D eigenvalue weighted by Crippen LogP contribution is 2.23. The van der Waals surface area contributed by atoms with E-state index < -0.39 is 0 Å². The zero-order chi connectivity index (χ0) is 17.2. The monoisotopic (exact) mass is 353 g/mol. The molecule has 6 heteroatoms. The summed E-state index contributed by atoms with van der Waals surface area (Å²) in [5.41, 5.74) is 4.62. The maximum absolute atomic E-state index is 5.96. The molecule has 1 aliphatic rings. The largest absolute Gasteiger partial charge is 0.294 e. The SMILES string of the molecule is CCn1cc(CN2CCc3nc(-c4ccc(Cl)cc4)ncc3C2)cn1. The van der Waals surface area contributed by atoms with Gasteiger partial charge < -0.3 is 0 Å². The first-order valence-corrected chi connectivity index (χ1v) is 8.93. The lowest BCUT2D eigenvalue weighted by Crippen LogP contribution is -2.30. The second kappa shape index (κ2) is 6.94. The van der Waals surface area contributed by atoms with Crippen molar-refractivity contribution in [3.05, 3.63) is 64.7 Å². The van der Waals surface area contributed by atoms with Crippen LogP contribution in [-0.2, 0) is 26.1 Å². The molecule has 128 valence electrons. The Morgan fingerprint density at radius 3 is 2.76 bits per heavy atom. The van der Waals surface area contributed by atoms with Gasteiger partial charge in [-0.2, -0.15) is 5.10 Å². The number of hydrogen-bond acceptors (Lipinski definition) is 4. The molecule has 1 aromatic carbocycles. The van der Waals surface area contributed by atoms with Crippen molar-refractivity contribution in [1.82, 2.24) is 24.6 Å². The van der Waals surface area contributed by atoms with Crippen LogP contribution in [0, 0.1) is 0 Å². The minimum Gasteiger partial charge on any atom is -0.294 e. The summed E-state index contributed by atoms with van der Waals surface area (Å²) < 4.78 is 1.97. The summed E-state index contributed by atoms with van der Waals surface area (Å²) in [6.07, 6.45) is 6.99. The molecule has 5 nitrogen and oxygen atoms in total. The molecule has 2 aromatic heterocycles. The lowest BCUT2D eigenvalue weighted by Gasteiger charge is -2.27. The van der Waals surface area contributed by atoms with Gasteiger partial charge in [0.1, 0.15) is 0 Å². The number of aryl methyl sites for hydroxylation is 1. The number of fused-ring (bicyclic) bond motifs is 1. The van der Waals surface area contributed by atoms with Gasteiger partial charge in [-0.05, 0) is 31.2 Å². The molecular formula is C19H20ClN5. The Bertz CT molecular complexity index is 872. The standard InChI is InChI=1S/C19H20ClN5/c1-2-25-12-14(9-22-25)11-24-8-7-18-16(13-24)10-21-19(23-18)15-3-5-17(20)6-4-15/h3-6,9-10,12H,2,7-8,11,13H2,1H3. The van der Waals surface area contributed by atoms with Crippen LogP contribution in [0.4, 0.5) is 0 Å². The lowest BCUT2D eigenvalue weighted by atomic mass is 10.1. The van der Waals surface area contributed by atoms with Gasteiger partial charge in [-0.15, -0.1) is 0 Å². The first-order valence-electron chi connectivity index (χ1n) is 8.55. The third kappa shape index (κ3) is 3.57. The maximum atomic E-state index is 5.96. The third-order valence-electron chi connectivity index (χ3n) is 4.53. The van der Waals surface area contributed by atoms with Gasteiger partial charge in [0.05, 0.1) is 11.9 Å². The van der Waals surface area contributed by atoms with E-state index in [9.17, 15) is 0 Å². The van der Waals surface area contributed by atoms with Crippen LogP contribution < -0.4 is 0 Å². The summed E-state index contributed by atoms with van der Waals surface area (Å²) in [6.45, 7) is 5.81. The van der Waals surface area contributed by atoms with Gasteiger partial charge in [0.2, 0.25) is 0 Å². The van der Waals surface area contributed by atoms with Crippen LogP contribution in [0.25, 0.3) is 11.4 Å².